The first-order valence-corrected chi connectivity index (χ1v) is 7.05. The summed E-state index contributed by atoms with van der Waals surface area (Å²) in [5, 5.41) is 8.89. The van der Waals surface area contributed by atoms with Crippen molar-refractivity contribution in [1.29, 1.82) is 5.41 Å². The zero-order valence-corrected chi connectivity index (χ0v) is 12.4. The number of hydrogen-bond donors (Lipinski definition) is 2. The molecule has 106 valence electrons. The maximum Gasteiger partial charge on any atom is 0.126 e. The number of fused-ring (bicyclic) bond motifs is 1. The summed E-state index contributed by atoms with van der Waals surface area (Å²) in [6.45, 7) is 7.42. The van der Waals surface area contributed by atoms with Gasteiger partial charge >= 0.3 is 0 Å². The molecule has 1 aromatic heterocycles. The van der Waals surface area contributed by atoms with Gasteiger partial charge in [-0.25, -0.2) is 0 Å². The molecule has 0 aliphatic heterocycles. The Hall–Kier alpha value is -2.10. The first-order valence-electron chi connectivity index (χ1n) is 7.05. The molecular weight excluding hydrogens is 248 g/mol. The third-order valence-corrected chi connectivity index (χ3v) is 3.41. The van der Waals surface area contributed by atoms with E-state index in [1.807, 2.05) is 18.2 Å². The second-order valence-corrected chi connectivity index (χ2v) is 5.24. The number of hydrogen-bond acceptors (Lipinski definition) is 3. The van der Waals surface area contributed by atoms with Gasteiger partial charge < -0.3 is 10.6 Å². The third-order valence-electron chi connectivity index (χ3n) is 3.41. The lowest BCUT2D eigenvalue weighted by molar-refractivity contribution is 0.672. The largest absolute Gasteiger partial charge is 0.384 e. The van der Waals surface area contributed by atoms with Crippen molar-refractivity contribution in [3.63, 3.8) is 0 Å². The van der Waals surface area contributed by atoms with Gasteiger partial charge in [-0.3, -0.25) is 10.4 Å². The molecule has 20 heavy (non-hydrogen) atoms. The summed E-state index contributed by atoms with van der Waals surface area (Å²) in [7, 11) is 0. The van der Waals surface area contributed by atoms with Crippen molar-refractivity contribution in [3.05, 3.63) is 36.0 Å². The van der Waals surface area contributed by atoms with E-state index in [1.165, 1.54) is 0 Å². The van der Waals surface area contributed by atoms with E-state index < -0.39 is 0 Å². The van der Waals surface area contributed by atoms with Crippen LogP contribution in [0.3, 0.4) is 0 Å². The van der Waals surface area contributed by atoms with Crippen LogP contribution in [0, 0.1) is 5.41 Å². The normalized spacial score (nSPS) is 11.0. The van der Waals surface area contributed by atoms with E-state index in [0.29, 0.717) is 11.6 Å². The molecule has 0 aliphatic carbocycles. The van der Waals surface area contributed by atoms with Crippen molar-refractivity contribution in [1.82, 2.24) is 4.98 Å². The number of nitrogens with zero attached hydrogens (tertiary/aromatic N) is 2. The summed E-state index contributed by atoms with van der Waals surface area (Å²) in [6, 6.07) is 8.37. The fourth-order valence-electron chi connectivity index (χ4n) is 2.50. The molecule has 1 heterocycles. The van der Waals surface area contributed by atoms with Crippen LogP contribution in [0.15, 0.2) is 30.5 Å². The lowest BCUT2D eigenvalue weighted by Gasteiger charge is -2.31. The number of anilines is 1. The molecule has 0 bridgehead atoms. The highest BCUT2D eigenvalue weighted by atomic mass is 15.2. The standard InChI is InChI=1S/C16H22N4/c1-4-9-20(11(2)3)15-12-7-5-6-8-14(12)19-10-13(15)16(17)18/h5-8,10-11H,4,9H2,1-3H3,(H3,17,18). The molecule has 1 aromatic carbocycles. The Morgan fingerprint density at radius 2 is 2.05 bits per heavy atom. The Balaban J connectivity index is 2.74. The van der Waals surface area contributed by atoms with Crippen molar-refractivity contribution in [2.24, 2.45) is 5.73 Å². The summed E-state index contributed by atoms with van der Waals surface area (Å²) in [5.74, 6) is 0.0695. The Bertz CT molecular complexity index is 619. The van der Waals surface area contributed by atoms with Gasteiger partial charge in [0, 0.05) is 24.2 Å². The Morgan fingerprint density at radius 3 is 2.65 bits per heavy atom. The predicted molar refractivity (Wildman–Crippen MR) is 85.5 cm³/mol. The average Bonchev–Trinajstić information content (AvgIpc) is 2.43. The lowest BCUT2D eigenvalue weighted by Crippen LogP contribution is -2.33. The van der Waals surface area contributed by atoms with Gasteiger partial charge in [-0.15, -0.1) is 0 Å². The highest BCUT2D eigenvalue weighted by molar-refractivity contribution is 6.07. The molecule has 0 fully saturated rings. The second-order valence-electron chi connectivity index (χ2n) is 5.24. The van der Waals surface area contributed by atoms with E-state index in [0.717, 1.165) is 29.6 Å². The van der Waals surface area contributed by atoms with Crippen LogP contribution in [0.1, 0.15) is 32.8 Å². The zero-order valence-electron chi connectivity index (χ0n) is 12.4. The molecular formula is C16H22N4. The fourth-order valence-corrected chi connectivity index (χ4v) is 2.50. The molecule has 2 aromatic rings. The van der Waals surface area contributed by atoms with Crippen molar-refractivity contribution < 1.29 is 0 Å². The van der Waals surface area contributed by atoms with Crippen molar-refractivity contribution in [3.8, 4) is 0 Å². The van der Waals surface area contributed by atoms with Crippen molar-refractivity contribution in [2.75, 3.05) is 11.4 Å². The summed E-state index contributed by atoms with van der Waals surface area (Å²) in [5.41, 5.74) is 8.44. The van der Waals surface area contributed by atoms with Crippen molar-refractivity contribution in [2.45, 2.75) is 33.2 Å². The van der Waals surface area contributed by atoms with E-state index in [-0.39, 0.29) is 5.84 Å². The fraction of sp³-hybridized carbons (Fsp3) is 0.375. The first-order chi connectivity index (χ1) is 9.56. The Labute approximate surface area is 120 Å². The minimum Gasteiger partial charge on any atom is -0.384 e. The van der Waals surface area contributed by atoms with Crippen LogP contribution in [0.4, 0.5) is 5.69 Å². The Morgan fingerprint density at radius 1 is 1.35 bits per heavy atom. The van der Waals surface area contributed by atoms with E-state index in [9.17, 15) is 0 Å². The number of nitrogens with one attached hydrogen (secondary N) is 1. The van der Waals surface area contributed by atoms with Gasteiger partial charge in [0.1, 0.15) is 5.84 Å². The van der Waals surface area contributed by atoms with E-state index >= 15 is 0 Å². The Kier molecular flexibility index (Phi) is 4.23. The van der Waals surface area contributed by atoms with Crippen LogP contribution < -0.4 is 10.6 Å². The number of rotatable bonds is 5. The molecule has 0 spiro atoms. The number of aromatic nitrogens is 1. The van der Waals surface area contributed by atoms with Gasteiger partial charge in [0.05, 0.1) is 16.8 Å². The number of benzene rings is 1. The molecule has 0 radical (unpaired) electrons. The maximum absolute atomic E-state index is 7.83. The average molecular weight is 270 g/mol. The highest BCUT2D eigenvalue weighted by Gasteiger charge is 2.19. The van der Waals surface area contributed by atoms with Gasteiger partial charge in [0.15, 0.2) is 0 Å². The molecule has 0 aliphatic rings. The van der Waals surface area contributed by atoms with Crippen LogP contribution in [0.2, 0.25) is 0 Å². The first kappa shape index (κ1) is 14.3. The van der Waals surface area contributed by atoms with Gasteiger partial charge in [0.25, 0.3) is 0 Å². The van der Waals surface area contributed by atoms with Crippen molar-refractivity contribution >= 4 is 22.4 Å². The molecule has 0 unspecified atom stereocenters. The zero-order chi connectivity index (χ0) is 14.7. The SMILES string of the molecule is CCCN(c1c(C(=N)N)cnc2ccccc12)C(C)C. The van der Waals surface area contributed by atoms with Crippen LogP contribution >= 0.6 is 0 Å². The number of para-hydroxylation sites is 1. The van der Waals surface area contributed by atoms with Crippen LogP contribution in [-0.2, 0) is 0 Å². The predicted octanol–water partition coefficient (Wildman–Crippen LogP) is 3.14. The molecule has 3 N–H and O–H groups in total. The monoisotopic (exact) mass is 270 g/mol. The third kappa shape index (κ3) is 2.59. The molecule has 0 saturated carbocycles. The molecule has 0 saturated heterocycles. The smallest absolute Gasteiger partial charge is 0.126 e. The van der Waals surface area contributed by atoms with Crippen LogP contribution in [0.5, 0.6) is 0 Å². The van der Waals surface area contributed by atoms with Gasteiger partial charge in [-0.1, -0.05) is 25.1 Å². The molecule has 0 amide bonds. The van der Waals surface area contributed by atoms with Gasteiger partial charge in [-0.2, -0.15) is 0 Å². The summed E-state index contributed by atoms with van der Waals surface area (Å²) >= 11 is 0. The number of nitrogens with two attached hydrogens (primary N) is 1. The van der Waals surface area contributed by atoms with Crippen LogP contribution in [0.25, 0.3) is 10.9 Å². The quantitative estimate of drug-likeness (QED) is 0.648. The molecule has 0 atom stereocenters. The maximum atomic E-state index is 7.83. The minimum absolute atomic E-state index is 0.0695. The second kappa shape index (κ2) is 5.90. The van der Waals surface area contributed by atoms with E-state index in [2.05, 4.69) is 36.7 Å². The molecule has 4 heteroatoms. The van der Waals surface area contributed by atoms with Gasteiger partial charge in [-0.05, 0) is 26.3 Å². The number of pyridine rings is 1. The highest BCUT2D eigenvalue weighted by Crippen LogP contribution is 2.30. The summed E-state index contributed by atoms with van der Waals surface area (Å²) < 4.78 is 0. The van der Waals surface area contributed by atoms with Gasteiger partial charge in [0.2, 0.25) is 0 Å². The minimum atomic E-state index is 0.0695. The number of amidine groups is 1. The molecule has 2 rings (SSSR count). The lowest BCUT2D eigenvalue weighted by atomic mass is 10.1. The number of nitrogen functional groups attached to an aromatic ring is 1. The van der Waals surface area contributed by atoms with E-state index in [1.54, 1.807) is 6.20 Å². The van der Waals surface area contributed by atoms with E-state index in [4.69, 9.17) is 11.1 Å². The summed E-state index contributed by atoms with van der Waals surface area (Å²) in [6.07, 6.45) is 2.76. The molecule has 4 nitrogen and oxygen atoms in total. The summed E-state index contributed by atoms with van der Waals surface area (Å²) in [4.78, 5) is 6.72. The van der Waals surface area contributed by atoms with Crippen LogP contribution in [-0.4, -0.2) is 23.4 Å². The topological polar surface area (TPSA) is 66.0 Å².